The first-order valence-corrected chi connectivity index (χ1v) is 16.2. The van der Waals surface area contributed by atoms with Gasteiger partial charge in [0.1, 0.15) is 0 Å². The maximum atomic E-state index is 13.2. The summed E-state index contributed by atoms with van der Waals surface area (Å²) in [6.45, 7) is 14.8. The molecule has 5 heterocycles. The number of aromatic nitrogens is 4. The van der Waals surface area contributed by atoms with Crippen molar-refractivity contribution in [2.45, 2.75) is 86.0 Å². The lowest BCUT2D eigenvalue weighted by Gasteiger charge is -2.20. The standard InChI is InChI=1S/C37H45N5O4/c1-9-26-21(3)32-18-35-28(19-43)23(5)31(40-35)17-33-22(4)27(11-12-36(45)42(8)13-10-14-46-25(7)44)37(41-33)24(6)30-15-20(2)29(38-30)16-34(26)39-32/h15-19,22,27,38,40H,9-14H2,1-8H3/t22?,27-/m0/s1. The Hall–Kier alpha value is -4.53. The van der Waals surface area contributed by atoms with E-state index in [0.29, 0.717) is 38.0 Å². The molecule has 2 aliphatic heterocycles. The van der Waals surface area contributed by atoms with Crippen LogP contribution in [0.2, 0.25) is 0 Å². The summed E-state index contributed by atoms with van der Waals surface area (Å²) in [4.78, 5) is 55.6. The van der Waals surface area contributed by atoms with Crippen LogP contribution in [-0.4, -0.2) is 63.2 Å². The van der Waals surface area contributed by atoms with Crippen LogP contribution in [0.3, 0.4) is 0 Å². The lowest BCUT2D eigenvalue weighted by molar-refractivity contribution is -0.141. The number of carbonyl (C=O) groups excluding carboxylic acids is 3. The molecule has 0 fully saturated rings. The van der Waals surface area contributed by atoms with E-state index < -0.39 is 0 Å². The van der Waals surface area contributed by atoms with Crippen molar-refractivity contribution >= 4 is 51.4 Å². The summed E-state index contributed by atoms with van der Waals surface area (Å²) in [6.07, 6.45) is 3.36. The normalized spacial score (nSPS) is 16.1. The van der Waals surface area contributed by atoms with Crippen molar-refractivity contribution in [3.05, 3.63) is 69.3 Å². The molecule has 3 aromatic rings. The second-order valence-corrected chi connectivity index (χ2v) is 12.7. The van der Waals surface area contributed by atoms with E-state index >= 15 is 0 Å². The fourth-order valence-corrected chi connectivity index (χ4v) is 6.67. The molecular formula is C37H45N5O4. The number of aromatic amines is 2. The maximum absolute atomic E-state index is 13.2. The van der Waals surface area contributed by atoms with Gasteiger partial charge in [0.05, 0.1) is 23.5 Å². The van der Waals surface area contributed by atoms with Crippen LogP contribution in [0.5, 0.6) is 0 Å². The van der Waals surface area contributed by atoms with Crippen LogP contribution < -0.4 is 0 Å². The Morgan fingerprint density at radius 2 is 1.65 bits per heavy atom. The Morgan fingerprint density at radius 1 is 0.957 bits per heavy atom. The molecule has 0 aliphatic carbocycles. The molecule has 2 atom stereocenters. The highest BCUT2D eigenvalue weighted by Gasteiger charge is 2.31. The first-order chi connectivity index (χ1) is 21.9. The number of aryl methyl sites for hydroxylation is 3. The van der Waals surface area contributed by atoms with Gasteiger partial charge in [-0.15, -0.1) is 0 Å². The van der Waals surface area contributed by atoms with Gasteiger partial charge in [0.25, 0.3) is 0 Å². The van der Waals surface area contributed by atoms with E-state index in [1.54, 1.807) is 11.9 Å². The number of allylic oxidation sites excluding steroid dienone is 2. The van der Waals surface area contributed by atoms with Crippen molar-refractivity contribution in [1.29, 1.82) is 0 Å². The summed E-state index contributed by atoms with van der Waals surface area (Å²) < 4.78 is 5.02. The topological polar surface area (TPSA) is 121 Å². The molecule has 0 aromatic carbocycles. The number of carbonyl (C=O) groups is 3. The molecule has 1 unspecified atom stereocenters. The molecule has 0 saturated heterocycles. The summed E-state index contributed by atoms with van der Waals surface area (Å²) >= 11 is 0. The first-order valence-electron chi connectivity index (χ1n) is 16.2. The molecule has 0 radical (unpaired) electrons. The monoisotopic (exact) mass is 623 g/mol. The molecule has 9 heteroatoms. The first kappa shape index (κ1) is 32.9. The minimum atomic E-state index is -0.315. The number of nitrogens with zero attached hydrogens (tertiary/aromatic N) is 3. The van der Waals surface area contributed by atoms with Crippen molar-refractivity contribution in [3.8, 4) is 0 Å². The van der Waals surface area contributed by atoms with Crippen LogP contribution in [0, 0.1) is 20.8 Å². The summed E-state index contributed by atoms with van der Waals surface area (Å²) in [5.41, 5.74) is 13.2. The third-order valence-corrected chi connectivity index (χ3v) is 9.63. The van der Waals surface area contributed by atoms with Gasteiger partial charge in [0, 0.05) is 72.3 Å². The van der Waals surface area contributed by atoms with E-state index in [1.807, 2.05) is 13.0 Å². The molecule has 8 bridgehead atoms. The number of ether oxygens (including phenoxy) is 1. The van der Waals surface area contributed by atoms with Gasteiger partial charge in [-0.05, 0) is 99.1 Å². The number of hydrogen-bond acceptors (Lipinski definition) is 6. The van der Waals surface area contributed by atoms with Crippen molar-refractivity contribution in [2.75, 3.05) is 20.2 Å². The summed E-state index contributed by atoms with van der Waals surface area (Å²) in [6, 6.07) is 8.31. The van der Waals surface area contributed by atoms with Crippen LogP contribution in [-0.2, 0) is 14.3 Å². The summed E-state index contributed by atoms with van der Waals surface area (Å²) in [7, 11) is 1.79. The highest BCUT2D eigenvalue weighted by Crippen LogP contribution is 2.42. The Morgan fingerprint density at radius 3 is 2.35 bits per heavy atom. The Balaban J connectivity index is 1.63. The highest BCUT2D eigenvalue weighted by atomic mass is 16.5. The lowest BCUT2D eigenvalue weighted by Crippen LogP contribution is -2.28. The molecule has 0 spiro atoms. The van der Waals surface area contributed by atoms with Gasteiger partial charge in [-0.2, -0.15) is 0 Å². The number of esters is 1. The quantitative estimate of drug-likeness (QED) is 0.145. The number of aldehydes is 1. The van der Waals surface area contributed by atoms with Gasteiger partial charge in [-0.3, -0.25) is 19.4 Å². The molecule has 3 aromatic heterocycles. The van der Waals surface area contributed by atoms with Crippen molar-refractivity contribution < 1.29 is 19.1 Å². The van der Waals surface area contributed by atoms with Crippen LogP contribution in [0.4, 0.5) is 0 Å². The van der Waals surface area contributed by atoms with Gasteiger partial charge in [-0.1, -0.05) is 13.8 Å². The number of H-pyrrole nitrogens is 2. The van der Waals surface area contributed by atoms with Gasteiger partial charge in [0.2, 0.25) is 5.91 Å². The lowest BCUT2D eigenvalue weighted by atomic mass is 9.86. The fraction of sp³-hybridized carbons (Fsp3) is 0.432. The van der Waals surface area contributed by atoms with E-state index in [-0.39, 0.29) is 23.7 Å². The molecule has 2 N–H and O–H groups in total. The van der Waals surface area contributed by atoms with E-state index in [4.69, 9.17) is 14.7 Å². The third-order valence-electron chi connectivity index (χ3n) is 9.63. The molecule has 1 amide bonds. The SMILES string of the molecule is CCC1=C(C)c2cc3[nH]c(cc4nc(c(C)c5cc(C)c(cc1n2)[nH]5)[C@@H](CCC(=O)N(C)CCCOC(C)=O)C4C)c(C)c3C=O. The maximum Gasteiger partial charge on any atom is 0.302 e. The highest BCUT2D eigenvalue weighted by molar-refractivity contribution is 5.96. The van der Waals surface area contributed by atoms with Gasteiger partial charge >= 0.3 is 5.97 Å². The van der Waals surface area contributed by atoms with Crippen molar-refractivity contribution in [1.82, 2.24) is 24.8 Å². The number of hydrogen-bond donors (Lipinski definition) is 2. The zero-order valence-electron chi connectivity index (χ0n) is 28.3. The van der Waals surface area contributed by atoms with Crippen molar-refractivity contribution in [2.24, 2.45) is 0 Å². The average Bonchev–Trinajstić information content (AvgIpc) is 3.72. The zero-order chi connectivity index (χ0) is 33.3. The zero-order valence-corrected chi connectivity index (χ0v) is 28.3. The van der Waals surface area contributed by atoms with Gasteiger partial charge in [-0.25, -0.2) is 4.98 Å². The Kier molecular flexibility index (Phi) is 9.60. The predicted octanol–water partition coefficient (Wildman–Crippen LogP) is 7.47. The van der Waals surface area contributed by atoms with E-state index in [2.05, 4.69) is 62.8 Å². The fourth-order valence-electron chi connectivity index (χ4n) is 6.67. The minimum Gasteiger partial charge on any atom is -0.466 e. The smallest absolute Gasteiger partial charge is 0.302 e. The van der Waals surface area contributed by atoms with Gasteiger partial charge < -0.3 is 19.6 Å². The van der Waals surface area contributed by atoms with E-state index in [1.165, 1.54) is 12.5 Å². The minimum absolute atomic E-state index is 0.0245. The van der Waals surface area contributed by atoms with Crippen molar-refractivity contribution in [3.63, 3.8) is 0 Å². The largest absolute Gasteiger partial charge is 0.466 e. The molecule has 5 rings (SSSR count). The van der Waals surface area contributed by atoms with Crippen LogP contribution >= 0.6 is 0 Å². The Bertz CT molecular complexity index is 1900. The number of nitrogens with one attached hydrogen (secondary N) is 2. The third kappa shape index (κ3) is 6.41. The molecule has 242 valence electrons. The second kappa shape index (κ2) is 13.4. The summed E-state index contributed by atoms with van der Waals surface area (Å²) in [5, 5.41) is 0. The predicted molar refractivity (Wildman–Crippen MR) is 183 cm³/mol. The number of rotatable bonds is 9. The second-order valence-electron chi connectivity index (χ2n) is 12.7. The van der Waals surface area contributed by atoms with Crippen LogP contribution in [0.25, 0.3) is 33.2 Å². The summed E-state index contributed by atoms with van der Waals surface area (Å²) in [5.74, 6) is -0.190. The molecule has 0 saturated carbocycles. The molecular weight excluding hydrogens is 578 g/mol. The van der Waals surface area contributed by atoms with Crippen LogP contribution in [0.15, 0.2) is 24.3 Å². The number of fused-ring (bicyclic) bond motifs is 8. The average molecular weight is 624 g/mol. The molecule has 9 nitrogen and oxygen atoms in total. The van der Waals surface area contributed by atoms with E-state index in [0.717, 1.165) is 79.8 Å². The molecule has 2 aliphatic rings. The van der Waals surface area contributed by atoms with E-state index in [9.17, 15) is 14.4 Å². The van der Waals surface area contributed by atoms with Gasteiger partial charge in [0.15, 0.2) is 6.29 Å². The number of amides is 1. The molecule has 46 heavy (non-hydrogen) atoms. The van der Waals surface area contributed by atoms with Crippen LogP contribution in [0.1, 0.15) is 115 Å². The Labute approximate surface area is 270 Å².